The van der Waals surface area contributed by atoms with Crippen molar-refractivity contribution in [2.24, 2.45) is 11.7 Å². The van der Waals surface area contributed by atoms with Crippen molar-refractivity contribution in [1.82, 2.24) is 9.97 Å². The van der Waals surface area contributed by atoms with E-state index in [0.717, 1.165) is 42.5 Å². The molecule has 0 bridgehead atoms. The van der Waals surface area contributed by atoms with E-state index in [0.29, 0.717) is 11.5 Å². The van der Waals surface area contributed by atoms with Gasteiger partial charge in [-0.2, -0.15) is 0 Å². The van der Waals surface area contributed by atoms with Gasteiger partial charge in [-0.25, -0.2) is 18.2 Å². The molecule has 0 unspecified atom stereocenters. The molecule has 2 N–H and O–H groups in total. The second-order valence-corrected chi connectivity index (χ2v) is 10.1. The van der Waals surface area contributed by atoms with Gasteiger partial charge in [-0.1, -0.05) is 6.92 Å². The number of nitrogens with zero attached hydrogens (tertiary/aromatic N) is 2. The summed E-state index contributed by atoms with van der Waals surface area (Å²) in [6.07, 6.45) is 7.78. The molecule has 0 saturated heterocycles. The number of ketones is 1. The summed E-state index contributed by atoms with van der Waals surface area (Å²) in [7, 11) is 0. The Kier molecular flexibility index (Phi) is 6.86. The van der Waals surface area contributed by atoms with E-state index in [1.54, 1.807) is 25.4 Å². The third kappa shape index (κ3) is 4.90. The molecule has 1 fully saturated rings. The van der Waals surface area contributed by atoms with Crippen molar-refractivity contribution in [1.29, 1.82) is 0 Å². The number of hydrogen-bond donors (Lipinski definition) is 1. The molecule has 1 aliphatic heterocycles. The lowest BCUT2D eigenvalue weighted by atomic mass is 9.75. The van der Waals surface area contributed by atoms with Crippen molar-refractivity contribution < 1.29 is 22.7 Å². The van der Waals surface area contributed by atoms with Gasteiger partial charge in [-0.15, -0.1) is 0 Å². The molecule has 0 spiro atoms. The summed E-state index contributed by atoms with van der Waals surface area (Å²) in [6.45, 7) is 4.00. The Morgan fingerprint density at radius 1 is 1.14 bits per heavy atom. The van der Waals surface area contributed by atoms with Crippen LogP contribution in [0.15, 0.2) is 42.7 Å². The maximum Gasteiger partial charge on any atom is 0.185 e. The fraction of sp³-hybridized carbons (Fsp3) is 0.345. The van der Waals surface area contributed by atoms with E-state index in [2.05, 4.69) is 16.9 Å². The Morgan fingerprint density at radius 2 is 1.95 bits per heavy atom. The van der Waals surface area contributed by atoms with Gasteiger partial charge >= 0.3 is 0 Å². The number of pyridine rings is 2. The fourth-order valence-corrected chi connectivity index (χ4v) is 5.54. The number of aromatic nitrogens is 2. The first kappa shape index (κ1) is 25.1. The largest absolute Gasteiger partial charge is 0.486 e. The van der Waals surface area contributed by atoms with Crippen LogP contribution in [0.3, 0.4) is 0 Å². The van der Waals surface area contributed by atoms with Gasteiger partial charge in [-0.05, 0) is 85.1 Å². The van der Waals surface area contributed by atoms with Crippen LogP contribution < -0.4 is 10.5 Å². The number of benzene rings is 1. The summed E-state index contributed by atoms with van der Waals surface area (Å²) in [6, 6.07) is 5.35. The zero-order chi connectivity index (χ0) is 26.3. The summed E-state index contributed by atoms with van der Waals surface area (Å²) < 4.78 is 50.6. The highest BCUT2D eigenvalue weighted by Crippen LogP contribution is 2.40. The molecule has 1 saturated carbocycles. The zero-order valence-electron chi connectivity index (χ0n) is 20.7. The predicted molar refractivity (Wildman–Crippen MR) is 135 cm³/mol. The Labute approximate surface area is 213 Å². The topological polar surface area (TPSA) is 78.1 Å². The first-order valence-corrected chi connectivity index (χ1v) is 12.4. The monoisotopic (exact) mass is 507 g/mol. The van der Waals surface area contributed by atoms with E-state index < -0.39 is 34.5 Å². The number of hydrogen-bond acceptors (Lipinski definition) is 5. The SMILES string of the molecule is CC1=CCOc2c1cc(F)c(-c1nc(C(=O)Cc3cnccc3[C@@H]3C[C@H](C)C[C@H](N)C3)ccc1F)c2F. The van der Waals surface area contributed by atoms with Gasteiger partial charge in [0.2, 0.25) is 0 Å². The first-order valence-electron chi connectivity index (χ1n) is 12.4. The number of fused-ring (bicyclic) bond motifs is 1. The molecular weight excluding hydrogens is 479 g/mol. The number of carbonyl (C=O) groups excluding carboxylic acids is 1. The van der Waals surface area contributed by atoms with Crippen LogP contribution in [0.5, 0.6) is 5.75 Å². The molecule has 3 atom stereocenters. The molecule has 192 valence electrons. The average Bonchev–Trinajstić information content (AvgIpc) is 2.85. The lowest BCUT2D eigenvalue weighted by Gasteiger charge is -2.32. The highest BCUT2D eigenvalue weighted by molar-refractivity contribution is 5.96. The lowest BCUT2D eigenvalue weighted by Crippen LogP contribution is -2.31. The maximum absolute atomic E-state index is 15.4. The Morgan fingerprint density at radius 3 is 2.73 bits per heavy atom. The number of allylic oxidation sites excluding steroid dienone is 1. The molecule has 1 aromatic carbocycles. The maximum atomic E-state index is 15.4. The van der Waals surface area contributed by atoms with Crippen molar-refractivity contribution in [2.45, 2.75) is 51.5 Å². The third-order valence-corrected chi connectivity index (χ3v) is 7.30. The minimum atomic E-state index is -1.05. The third-order valence-electron chi connectivity index (χ3n) is 7.30. The molecule has 1 aliphatic carbocycles. The van der Waals surface area contributed by atoms with Gasteiger partial charge in [0.15, 0.2) is 17.3 Å². The standard InChI is InChI=1S/C29H28F3N3O2/c1-15-9-17(11-19(33)10-15)20-5-7-34-14-18(20)12-25(36)24-4-3-22(30)28(35-24)26-23(31)13-21-16(2)6-8-37-29(21)27(26)32/h3-7,13-15,17,19H,8-12,33H2,1-2H3/t15-,17+,19-/m0/s1. The minimum Gasteiger partial charge on any atom is -0.486 e. The zero-order valence-corrected chi connectivity index (χ0v) is 20.7. The van der Waals surface area contributed by atoms with Gasteiger partial charge in [0.05, 0.1) is 5.56 Å². The highest BCUT2D eigenvalue weighted by Gasteiger charge is 2.29. The fourth-order valence-electron chi connectivity index (χ4n) is 5.54. The second kappa shape index (κ2) is 10.1. The number of carbonyl (C=O) groups is 1. The van der Waals surface area contributed by atoms with E-state index in [-0.39, 0.29) is 42.0 Å². The molecule has 3 heterocycles. The Bertz CT molecular complexity index is 1400. The van der Waals surface area contributed by atoms with Crippen LogP contribution in [-0.4, -0.2) is 28.4 Å². The van der Waals surface area contributed by atoms with Crippen LogP contribution in [0.2, 0.25) is 0 Å². The van der Waals surface area contributed by atoms with Crippen molar-refractivity contribution in [3.8, 4) is 17.0 Å². The van der Waals surface area contributed by atoms with E-state index in [1.165, 1.54) is 6.07 Å². The molecule has 5 nitrogen and oxygen atoms in total. The van der Waals surface area contributed by atoms with Crippen LogP contribution in [0.1, 0.15) is 66.2 Å². The van der Waals surface area contributed by atoms with E-state index >= 15 is 8.78 Å². The van der Waals surface area contributed by atoms with Gasteiger partial charge < -0.3 is 10.5 Å². The number of rotatable bonds is 5. The van der Waals surface area contributed by atoms with Crippen molar-refractivity contribution in [3.05, 3.63) is 82.6 Å². The predicted octanol–water partition coefficient (Wildman–Crippen LogP) is 6.01. The number of nitrogens with two attached hydrogens (primary N) is 1. The van der Waals surface area contributed by atoms with Crippen molar-refractivity contribution >= 4 is 11.4 Å². The summed E-state index contributed by atoms with van der Waals surface area (Å²) in [5, 5.41) is 0. The molecule has 2 aliphatic rings. The molecule has 5 rings (SSSR count). The average molecular weight is 508 g/mol. The quantitative estimate of drug-likeness (QED) is 0.428. The van der Waals surface area contributed by atoms with Crippen LogP contribution in [0.4, 0.5) is 13.2 Å². The summed E-state index contributed by atoms with van der Waals surface area (Å²) in [5.41, 5.74) is 7.61. The van der Waals surface area contributed by atoms with E-state index in [9.17, 15) is 9.18 Å². The van der Waals surface area contributed by atoms with Gasteiger partial charge in [0.1, 0.15) is 29.6 Å². The lowest BCUT2D eigenvalue weighted by molar-refractivity contribution is 0.0987. The van der Waals surface area contributed by atoms with Gasteiger partial charge in [0.25, 0.3) is 0 Å². The summed E-state index contributed by atoms with van der Waals surface area (Å²) in [4.78, 5) is 21.5. The molecular formula is C29H28F3N3O2. The molecule has 2 aromatic heterocycles. The smallest absolute Gasteiger partial charge is 0.185 e. The first-order chi connectivity index (χ1) is 17.7. The van der Waals surface area contributed by atoms with Crippen LogP contribution in [-0.2, 0) is 6.42 Å². The normalized spacial score (nSPS) is 21.1. The summed E-state index contributed by atoms with van der Waals surface area (Å²) >= 11 is 0. The molecule has 0 amide bonds. The minimum absolute atomic E-state index is 0.0242. The molecule has 0 radical (unpaired) electrons. The molecule has 37 heavy (non-hydrogen) atoms. The Balaban J connectivity index is 1.48. The number of halogens is 3. The van der Waals surface area contributed by atoms with Crippen LogP contribution in [0, 0.1) is 23.4 Å². The number of ether oxygens (including phenoxy) is 1. The molecule has 3 aromatic rings. The van der Waals surface area contributed by atoms with Crippen molar-refractivity contribution in [2.75, 3.05) is 6.61 Å². The van der Waals surface area contributed by atoms with Crippen LogP contribution >= 0.6 is 0 Å². The Hall–Kier alpha value is -3.52. The van der Waals surface area contributed by atoms with Crippen molar-refractivity contribution in [3.63, 3.8) is 0 Å². The second-order valence-electron chi connectivity index (χ2n) is 10.1. The highest BCUT2D eigenvalue weighted by atomic mass is 19.1. The summed E-state index contributed by atoms with van der Waals surface area (Å²) in [5.74, 6) is -2.86. The van der Waals surface area contributed by atoms with E-state index in [4.69, 9.17) is 10.5 Å². The van der Waals surface area contributed by atoms with Crippen LogP contribution in [0.25, 0.3) is 16.8 Å². The number of Topliss-reactive ketones (excluding diaryl/α,β-unsaturated/α-hetero) is 1. The van der Waals surface area contributed by atoms with E-state index in [1.807, 2.05) is 6.07 Å². The van der Waals surface area contributed by atoms with Gasteiger partial charge in [-0.3, -0.25) is 9.78 Å². The van der Waals surface area contributed by atoms with Gasteiger partial charge in [0, 0.05) is 30.4 Å². The molecule has 8 heteroatoms.